The molecule has 9 heteroatoms. The van der Waals surface area contributed by atoms with Gasteiger partial charge in [-0.2, -0.15) is 0 Å². The van der Waals surface area contributed by atoms with E-state index in [9.17, 15) is 19.5 Å². The number of aliphatic hydroxyl groups excluding tert-OH is 1. The maximum Gasteiger partial charge on any atom is 0.312 e. The summed E-state index contributed by atoms with van der Waals surface area (Å²) < 4.78 is 11.6. The van der Waals surface area contributed by atoms with E-state index in [0.717, 1.165) is 12.8 Å². The van der Waals surface area contributed by atoms with Gasteiger partial charge in [-0.25, -0.2) is 0 Å². The number of nitrogens with zero attached hydrogens (tertiary/aromatic N) is 2. The van der Waals surface area contributed by atoms with Gasteiger partial charge in [0.25, 0.3) is 0 Å². The molecule has 0 aliphatic carbocycles. The summed E-state index contributed by atoms with van der Waals surface area (Å²) in [5.74, 6) is -2.57. The van der Waals surface area contributed by atoms with Crippen molar-refractivity contribution in [2.75, 3.05) is 32.8 Å². The molecular formula is C21H31BrN2O6. The van der Waals surface area contributed by atoms with Gasteiger partial charge in [0.15, 0.2) is 0 Å². The molecule has 2 bridgehead atoms. The van der Waals surface area contributed by atoms with E-state index in [1.54, 1.807) is 17.9 Å². The zero-order valence-corrected chi connectivity index (χ0v) is 19.2. The highest BCUT2D eigenvalue weighted by atomic mass is 79.9. The van der Waals surface area contributed by atoms with Crippen LogP contribution in [0.1, 0.15) is 33.1 Å². The van der Waals surface area contributed by atoms with Gasteiger partial charge in [0, 0.05) is 24.5 Å². The Bertz CT molecular complexity index is 703. The van der Waals surface area contributed by atoms with Gasteiger partial charge in [-0.1, -0.05) is 35.4 Å². The van der Waals surface area contributed by atoms with Crippen molar-refractivity contribution < 1.29 is 29.0 Å². The molecule has 0 aromatic carbocycles. The lowest BCUT2D eigenvalue weighted by Gasteiger charge is -2.37. The lowest BCUT2D eigenvalue weighted by Crippen LogP contribution is -2.57. The summed E-state index contributed by atoms with van der Waals surface area (Å²) in [6.45, 7) is 8.36. The molecule has 2 amide bonds. The lowest BCUT2D eigenvalue weighted by atomic mass is 9.70. The summed E-state index contributed by atoms with van der Waals surface area (Å²) in [4.78, 5) is 42.8. The molecule has 3 rings (SSSR count). The van der Waals surface area contributed by atoms with Crippen LogP contribution in [0.15, 0.2) is 12.7 Å². The third-order valence-corrected chi connectivity index (χ3v) is 7.21. The van der Waals surface area contributed by atoms with E-state index in [4.69, 9.17) is 9.47 Å². The van der Waals surface area contributed by atoms with Crippen LogP contribution in [0.2, 0.25) is 0 Å². The minimum atomic E-state index is -1.11. The van der Waals surface area contributed by atoms with E-state index < -0.39 is 35.6 Å². The number of fused-ring (bicyclic) bond motifs is 1. The highest BCUT2D eigenvalue weighted by Crippen LogP contribution is 2.60. The van der Waals surface area contributed by atoms with Gasteiger partial charge in [-0.3, -0.25) is 14.4 Å². The van der Waals surface area contributed by atoms with Gasteiger partial charge >= 0.3 is 5.97 Å². The number of esters is 1. The quantitative estimate of drug-likeness (QED) is 0.282. The van der Waals surface area contributed by atoms with Crippen molar-refractivity contribution in [2.45, 2.75) is 55.7 Å². The molecule has 1 spiro atoms. The molecule has 168 valence electrons. The van der Waals surface area contributed by atoms with Crippen LogP contribution in [-0.4, -0.2) is 88.1 Å². The number of unbranched alkanes of at least 4 members (excludes halogenated alkanes) is 1. The van der Waals surface area contributed by atoms with Crippen molar-refractivity contribution in [3.63, 3.8) is 0 Å². The van der Waals surface area contributed by atoms with Crippen molar-refractivity contribution in [1.29, 1.82) is 0 Å². The summed E-state index contributed by atoms with van der Waals surface area (Å²) in [7, 11) is 0. The minimum absolute atomic E-state index is 0.0136. The average molecular weight is 487 g/mol. The zero-order valence-electron chi connectivity index (χ0n) is 17.6. The standard InChI is InChI=1S/C21H31BrN2O6/c1-4-7-9-23(8-5-2)19(27)17-21-12-13(22)16(30-21)14(20(28)29-6-3)15(21)18(26)24(17)10-11-25/h5,13-17,25H,2,4,6-12H2,1,3H3/t13?,14-,15+,16-,17?,21?/m1/s1. The van der Waals surface area contributed by atoms with Crippen LogP contribution in [0.3, 0.4) is 0 Å². The van der Waals surface area contributed by atoms with Crippen LogP contribution in [0.4, 0.5) is 0 Å². The molecule has 6 atom stereocenters. The SMILES string of the molecule is C=CCN(CCCC)C(=O)C1N(CCO)C(=O)[C@@H]2[C@@H](C(=O)OCC)[C@@H]3OC12CC3Br. The molecule has 0 aromatic rings. The molecule has 8 nitrogen and oxygen atoms in total. The number of halogens is 1. The van der Waals surface area contributed by atoms with Crippen molar-refractivity contribution in [3.05, 3.63) is 12.7 Å². The number of aliphatic hydroxyl groups is 1. The first-order valence-corrected chi connectivity index (χ1v) is 11.6. The Morgan fingerprint density at radius 1 is 1.47 bits per heavy atom. The maximum absolute atomic E-state index is 13.7. The van der Waals surface area contributed by atoms with Crippen molar-refractivity contribution in [2.24, 2.45) is 11.8 Å². The number of β-amino-alcohol motifs (C(OH)–C–C–N with tert-alkyl or cyclic N) is 1. The van der Waals surface area contributed by atoms with E-state index in [-0.39, 0.29) is 36.4 Å². The Morgan fingerprint density at radius 2 is 2.20 bits per heavy atom. The van der Waals surface area contributed by atoms with Crippen LogP contribution in [0.25, 0.3) is 0 Å². The largest absolute Gasteiger partial charge is 0.466 e. The molecule has 3 aliphatic heterocycles. The number of carbonyl (C=O) groups excluding carboxylic acids is 3. The van der Waals surface area contributed by atoms with Crippen molar-refractivity contribution >= 4 is 33.7 Å². The summed E-state index contributed by atoms with van der Waals surface area (Å²) >= 11 is 3.60. The number of hydrogen-bond acceptors (Lipinski definition) is 6. The van der Waals surface area contributed by atoms with Crippen LogP contribution < -0.4 is 0 Å². The highest BCUT2D eigenvalue weighted by molar-refractivity contribution is 9.09. The van der Waals surface area contributed by atoms with Gasteiger partial charge in [-0.05, 0) is 19.8 Å². The first-order chi connectivity index (χ1) is 14.4. The third kappa shape index (κ3) is 3.58. The fourth-order valence-electron chi connectivity index (χ4n) is 5.23. The Kier molecular flexibility index (Phi) is 7.24. The maximum atomic E-state index is 13.7. The number of rotatable bonds is 10. The van der Waals surface area contributed by atoms with Crippen LogP contribution in [0.5, 0.6) is 0 Å². The van der Waals surface area contributed by atoms with Crippen LogP contribution in [-0.2, 0) is 23.9 Å². The van der Waals surface area contributed by atoms with Gasteiger partial charge in [0.2, 0.25) is 11.8 Å². The zero-order chi connectivity index (χ0) is 22.1. The van der Waals surface area contributed by atoms with E-state index in [1.165, 1.54) is 4.90 Å². The molecule has 3 fully saturated rings. The second-order valence-corrected chi connectivity index (χ2v) is 9.27. The molecule has 0 aromatic heterocycles. The van der Waals surface area contributed by atoms with Crippen LogP contribution >= 0.6 is 15.9 Å². The first kappa shape index (κ1) is 23.2. The molecule has 1 N–H and O–H groups in total. The summed E-state index contributed by atoms with van der Waals surface area (Å²) in [6.07, 6.45) is 3.33. The number of alkyl halides is 1. The molecule has 0 saturated carbocycles. The van der Waals surface area contributed by atoms with Gasteiger partial charge in [0.1, 0.15) is 11.6 Å². The minimum Gasteiger partial charge on any atom is -0.466 e. The second kappa shape index (κ2) is 9.36. The summed E-state index contributed by atoms with van der Waals surface area (Å²) in [6, 6.07) is -0.886. The smallest absolute Gasteiger partial charge is 0.312 e. The fraction of sp³-hybridized carbons (Fsp3) is 0.762. The third-order valence-electron chi connectivity index (χ3n) is 6.37. The van der Waals surface area contributed by atoms with Crippen molar-refractivity contribution in [3.8, 4) is 0 Å². The van der Waals surface area contributed by atoms with E-state index in [1.807, 2.05) is 6.92 Å². The first-order valence-electron chi connectivity index (χ1n) is 10.7. The molecule has 30 heavy (non-hydrogen) atoms. The van der Waals surface area contributed by atoms with Gasteiger partial charge < -0.3 is 24.4 Å². The Hall–Kier alpha value is -1.45. The van der Waals surface area contributed by atoms with Crippen molar-refractivity contribution in [1.82, 2.24) is 9.80 Å². The van der Waals surface area contributed by atoms with E-state index in [2.05, 4.69) is 22.5 Å². The molecular weight excluding hydrogens is 456 g/mol. The average Bonchev–Trinajstić information content (AvgIpc) is 3.29. The summed E-state index contributed by atoms with van der Waals surface area (Å²) in [5.41, 5.74) is -1.11. The molecule has 3 aliphatic rings. The second-order valence-electron chi connectivity index (χ2n) is 8.10. The van der Waals surface area contributed by atoms with Gasteiger partial charge in [0.05, 0.1) is 31.2 Å². The predicted octanol–water partition coefficient (Wildman–Crippen LogP) is 1.10. The molecule has 3 heterocycles. The predicted molar refractivity (Wildman–Crippen MR) is 113 cm³/mol. The highest BCUT2D eigenvalue weighted by Gasteiger charge is 2.77. The number of ether oxygens (including phenoxy) is 2. The molecule has 3 unspecified atom stereocenters. The molecule has 0 radical (unpaired) electrons. The lowest BCUT2D eigenvalue weighted by molar-refractivity contribution is -0.155. The topological polar surface area (TPSA) is 96.4 Å². The number of hydrogen-bond donors (Lipinski definition) is 1. The Labute approximate surface area is 185 Å². The Balaban J connectivity index is 2.01. The number of amides is 2. The Morgan fingerprint density at radius 3 is 2.80 bits per heavy atom. The van der Waals surface area contributed by atoms with E-state index >= 15 is 0 Å². The number of carbonyl (C=O) groups is 3. The monoisotopic (exact) mass is 486 g/mol. The fourth-order valence-corrected chi connectivity index (χ4v) is 6.18. The van der Waals surface area contributed by atoms with Crippen LogP contribution in [0, 0.1) is 11.8 Å². The van der Waals surface area contributed by atoms with E-state index in [0.29, 0.717) is 19.5 Å². The molecule has 3 saturated heterocycles. The summed E-state index contributed by atoms with van der Waals surface area (Å²) in [5, 5.41) is 9.59. The number of likely N-dealkylation sites (tertiary alicyclic amines) is 1. The van der Waals surface area contributed by atoms with Gasteiger partial charge in [-0.15, -0.1) is 6.58 Å². The normalized spacial score (nSPS) is 34.2.